The van der Waals surface area contributed by atoms with Gasteiger partial charge in [0, 0.05) is 0 Å². The molecule has 0 fully saturated rings. The Kier molecular flexibility index (Phi) is 23.8. The van der Waals surface area contributed by atoms with E-state index < -0.39 is 19.2 Å². The number of hydrogen-bond acceptors (Lipinski definition) is 6. The van der Waals surface area contributed by atoms with Gasteiger partial charge in [-0.05, 0) is 0 Å². The molecular formula is C28H56O4S2Sn. The Bertz CT molecular complexity index is 487. The molecule has 2 atom stereocenters. The molecule has 208 valence electrons. The van der Waals surface area contributed by atoms with Crippen LogP contribution in [0, 0.1) is 11.8 Å². The van der Waals surface area contributed by atoms with Crippen molar-refractivity contribution in [2.45, 2.75) is 139 Å². The molecule has 2 unspecified atom stereocenters. The fourth-order valence-electron chi connectivity index (χ4n) is 4.50. The van der Waals surface area contributed by atoms with Gasteiger partial charge in [0.1, 0.15) is 0 Å². The van der Waals surface area contributed by atoms with E-state index >= 15 is 0 Å². The maximum atomic E-state index is 13.2. The van der Waals surface area contributed by atoms with E-state index in [-0.39, 0.29) is 23.8 Å². The van der Waals surface area contributed by atoms with E-state index in [4.69, 9.17) is 6.15 Å². The van der Waals surface area contributed by atoms with Gasteiger partial charge in [0.25, 0.3) is 0 Å². The van der Waals surface area contributed by atoms with Crippen molar-refractivity contribution < 1.29 is 15.7 Å². The third-order valence-electron chi connectivity index (χ3n) is 6.78. The predicted octanol–water partition coefficient (Wildman–Crippen LogP) is 8.93. The molecule has 0 bridgehead atoms. The van der Waals surface area contributed by atoms with Gasteiger partial charge in [-0.2, -0.15) is 0 Å². The molecule has 0 aromatic heterocycles. The van der Waals surface area contributed by atoms with Crippen LogP contribution in [-0.2, 0) is 15.7 Å². The number of carbonyl (C=O) groups is 2. The van der Waals surface area contributed by atoms with Crippen LogP contribution in [-0.4, -0.2) is 42.6 Å². The van der Waals surface area contributed by atoms with Gasteiger partial charge in [-0.25, -0.2) is 0 Å². The Morgan fingerprint density at radius 3 is 1.23 bits per heavy atom. The summed E-state index contributed by atoms with van der Waals surface area (Å²) < 4.78 is 14.4. The Hall–Kier alpha value is 0.439. The SMILES string of the molecule is CCCCCCC[CH2][Sn]([CH2]CCCCCCC)([O]C(=O)C(CS)CCC)[O]C(=O)C(CS)CCC. The summed E-state index contributed by atoms with van der Waals surface area (Å²) in [6, 6.07) is 0. The van der Waals surface area contributed by atoms with Crippen LogP contribution in [0.3, 0.4) is 0 Å². The van der Waals surface area contributed by atoms with E-state index in [0.717, 1.165) is 60.2 Å². The normalized spacial score (nSPS) is 13.4. The third kappa shape index (κ3) is 16.8. The van der Waals surface area contributed by atoms with Crippen LogP contribution in [0.5, 0.6) is 0 Å². The van der Waals surface area contributed by atoms with E-state index in [1.807, 2.05) is 0 Å². The zero-order chi connectivity index (χ0) is 26.4. The zero-order valence-electron chi connectivity index (χ0n) is 23.3. The van der Waals surface area contributed by atoms with E-state index in [9.17, 15) is 9.59 Å². The Balaban J connectivity index is 5.62. The maximum absolute atomic E-state index is 13.2. The van der Waals surface area contributed by atoms with Crippen molar-refractivity contribution in [2.24, 2.45) is 11.8 Å². The minimum absolute atomic E-state index is 0.180. The summed E-state index contributed by atoms with van der Waals surface area (Å²) in [7, 11) is 0. The fourth-order valence-corrected chi connectivity index (χ4v) is 14.7. The quantitative estimate of drug-likeness (QED) is 0.0629. The molecular weight excluding hydrogens is 583 g/mol. The molecule has 0 rings (SSSR count). The average Bonchev–Trinajstić information content (AvgIpc) is 2.85. The fraction of sp³-hybridized carbons (Fsp3) is 0.929. The first kappa shape index (κ1) is 35.4. The summed E-state index contributed by atoms with van der Waals surface area (Å²) >= 11 is 4.85. The topological polar surface area (TPSA) is 52.6 Å². The number of unbranched alkanes of at least 4 members (excludes halogenated alkanes) is 10. The van der Waals surface area contributed by atoms with Crippen molar-refractivity contribution >= 4 is 56.4 Å². The predicted molar refractivity (Wildman–Crippen MR) is 159 cm³/mol. The zero-order valence-corrected chi connectivity index (χ0v) is 28.0. The first-order chi connectivity index (χ1) is 16.9. The van der Waals surface area contributed by atoms with Crippen LogP contribution in [0.4, 0.5) is 0 Å². The molecule has 0 spiro atoms. The molecule has 0 aliphatic heterocycles. The first-order valence-corrected chi connectivity index (χ1v) is 22.2. The van der Waals surface area contributed by atoms with Crippen LogP contribution >= 0.6 is 25.3 Å². The van der Waals surface area contributed by atoms with E-state index in [0.29, 0.717) is 11.5 Å². The van der Waals surface area contributed by atoms with Crippen molar-refractivity contribution in [3.05, 3.63) is 0 Å². The number of thiol groups is 2. The molecule has 0 saturated heterocycles. The van der Waals surface area contributed by atoms with Gasteiger partial charge in [-0.15, -0.1) is 0 Å². The molecule has 0 N–H and O–H groups in total. The Labute approximate surface area is 233 Å². The van der Waals surface area contributed by atoms with E-state index in [1.165, 1.54) is 51.4 Å². The monoisotopic (exact) mass is 640 g/mol. The van der Waals surface area contributed by atoms with Crippen LogP contribution in [0.2, 0.25) is 8.87 Å². The molecule has 35 heavy (non-hydrogen) atoms. The van der Waals surface area contributed by atoms with Crippen LogP contribution in [0.15, 0.2) is 0 Å². The molecule has 0 radical (unpaired) electrons. The third-order valence-corrected chi connectivity index (χ3v) is 17.3. The molecule has 0 aromatic carbocycles. The summed E-state index contributed by atoms with van der Waals surface area (Å²) in [6.45, 7) is 8.61. The summed E-state index contributed by atoms with van der Waals surface area (Å²) in [5.74, 6) is 0.157. The second-order valence-electron chi connectivity index (χ2n) is 10.1. The van der Waals surface area contributed by atoms with Crippen molar-refractivity contribution in [3.8, 4) is 0 Å². The van der Waals surface area contributed by atoms with Gasteiger partial charge in [0.2, 0.25) is 0 Å². The van der Waals surface area contributed by atoms with Crippen molar-refractivity contribution in [1.29, 1.82) is 0 Å². The molecule has 0 aliphatic carbocycles. The molecule has 0 aromatic rings. The summed E-state index contributed by atoms with van der Waals surface area (Å²) in [5, 5.41) is 0. The number of carbonyl (C=O) groups excluding carboxylic acids is 2. The van der Waals surface area contributed by atoms with Gasteiger partial charge in [0.05, 0.1) is 0 Å². The number of rotatable bonds is 24. The van der Waals surface area contributed by atoms with Crippen LogP contribution in [0.25, 0.3) is 0 Å². The average molecular weight is 640 g/mol. The van der Waals surface area contributed by atoms with Crippen molar-refractivity contribution in [3.63, 3.8) is 0 Å². The molecule has 0 amide bonds. The van der Waals surface area contributed by atoms with Crippen molar-refractivity contribution in [2.75, 3.05) is 11.5 Å². The van der Waals surface area contributed by atoms with E-state index in [2.05, 4.69) is 53.0 Å². The molecule has 0 heterocycles. The summed E-state index contributed by atoms with van der Waals surface area (Å²) in [6.07, 6.45) is 17.4. The second kappa shape index (κ2) is 23.5. The molecule has 7 heteroatoms. The van der Waals surface area contributed by atoms with Gasteiger partial charge >= 0.3 is 235 Å². The molecule has 4 nitrogen and oxygen atoms in total. The Morgan fingerprint density at radius 2 is 0.914 bits per heavy atom. The van der Waals surface area contributed by atoms with Crippen LogP contribution in [0.1, 0.15) is 130 Å². The van der Waals surface area contributed by atoms with Crippen LogP contribution < -0.4 is 0 Å². The van der Waals surface area contributed by atoms with Gasteiger partial charge in [-0.3, -0.25) is 0 Å². The Morgan fingerprint density at radius 1 is 0.571 bits per heavy atom. The standard InChI is InChI=1S/2C8H17.2C6H12O2S.Sn/c2*1-3-5-7-8-6-4-2;2*1-2-3-5(4-9)6(7)8;/h2*1,3-8H2,2H3;2*5,9H,2-4H2,1H3,(H,7,8);/q;;;;+2/p-2. The minimum atomic E-state index is -4.00. The van der Waals surface area contributed by atoms with Gasteiger partial charge < -0.3 is 0 Å². The second-order valence-corrected chi connectivity index (χ2v) is 20.1. The van der Waals surface area contributed by atoms with E-state index in [1.54, 1.807) is 0 Å². The van der Waals surface area contributed by atoms with Crippen molar-refractivity contribution in [1.82, 2.24) is 0 Å². The van der Waals surface area contributed by atoms with Gasteiger partial charge in [-0.1, -0.05) is 0 Å². The summed E-state index contributed by atoms with van der Waals surface area (Å²) in [4.78, 5) is 26.5. The van der Waals surface area contributed by atoms with Gasteiger partial charge in [0.15, 0.2) is 0 Å². The summed E-state index contributed by atoms with van der Waals surface area (Å²) in [5.41, 5.74) is 0. The molecule has 0 aliphatic rings. The first-order valence-electron chi connectivity index (χ1n) is 14.6. The molecule has 0 saturated carbocycles. The number of hydrogen-bond donors (Lipinski definition) is 2.